The molecule has 0 radical (unpaired) electrons. The number of aryl methyl sites for hydroxylation is 3. The molecule has 0 aliphatic carbocycles. The van der Waals surface area contributed by atoms with Crippen LogP contribution in [0.3, 0.4) is 0 Å². The molecule has 1 aliphatic heterocycles. The molecule has 1 fully saturated rings. The molecule has 1 aliphatic rings. The molecule has 2 rings (SSSR count). The van der Waals surface area contributed by atoms with E-state index in [0.717, 1.165) is 5.56 Å². The second-order valence-electron chi connectivity index (χ2n) is 6.01. The van der Waals surface area contributed by atoms with E-state index < -0.39 is 16.1 Å². The first-order valence-electron chi connectivity index (χ1n) is 7.69. The number of rotatable bonds is 4. The Labute approximate surface area is 137 Å². The molecule has 0 bridgehead atoms. The lowest BCUT2D eigenvalue weighted by atomic mass is 10.1. The molecular formula is C16H24N2O4S. The van der Waals surface area contributed by atoms with Crippen LogP contribution in [0, 0.1) is 20.8 Å². The third-order valence-electron chi connectivity index (χ3n) is 3.90. The van der Waals surface area contributed by atoms with E-state index in [1.807, 2.05) is 19.1 Å². The molecule has 7 heteroatoms. The van der Waals surface area contributed by atoms with Crippen LogP contribution in [0.2, 0.25) is 0 Å². The van der Waals surface area contributed by atoms with Gasteiger partial charge in [0, 0.05) is 13.1 Å². The van der Waals surface area contributed by atoms with Crippen LogP contribution >= 0.6 is 0 Å². The van der Waals surface area contributed by atoms with E-state index >= 15 is 0 Å². The SMILES string of the molecule is Cc1cc(C)c(S(=O)(=O)N[C@@H](C)C(=O)N2CCOCC2)c(C)c1. The first kappa shape index (κ1) is 17.9. The van der Waals surface area contributed by atoms with Crippen LogP contribution in [0.1, 0.15) is 23.6 Å². The van der Waals surface area contributed by atoms with E-state index in [2.05, 4.69) is 4.72 Å². The molecule has 0 aromatic heterocycles. The second-order valence-corrected chi connectivity index (χ2v) is 7.66. The summed E-state index contributed by atoms with van der Waals surface area (Å²) in [5.74, 6) is -0.223. The lowest BCUT2D eigenvalue weighted by Gasteiger charge is -2.29. The maximum atomic E-state index is 12.7. The number of benzene rings is 1. The summed E-state index contributed by atoms with van der Waals surface area (Å²) in [6, 6.07) is 2.85. The van der Waals surface area contributed by atoms with Gasteiger partial charge in [-0.2, -0.15) is 4.72 Å². The highest BCUT2D eigenvalue weighted by Crippen LogP contribution is 2.22. The monoisotopic (exact) mass is 340 g/mol. The molecule has 1 aromatic carbocycles. The fraction of sp³-hybridized carbons (Fsp3) is 0.562. The Morgan fingerprint density at radius 2 is 1.70 bits per heavy atom. The second kappa shape index (κ2) is 6.98. The Bertz CT molecular complexity index is 671. The highest BCUT2D eigenvalue weighted by atomic mass is 32.2. The molecule has 0 spiro atoms. The van der Waals surface area contributed by atoms with Crippen LogP contribution in [0.15, 0.2) is 17.0 Å². The van der Waals surface area contributed by atoms with Crippen LogP contribution in [-0.4, -0.2) is 51.6 Å². The largest absolute Gasteiger partial charge is 0.378 e. The fourth-order valence-electron chi connectivity index (χ4n) is 2.99. The minimum Gasteiger partial charge on any atom is -0.378 e. The highest BCUT2D eigenvalue weighted by Gasteiger charge is 2.28. The number of hydrogen-bond acceptors (Lipinski definition) is 4. The van der Waals surface area contributed by atoms with Crippen molar-refractivity contribution in [3.63, 3.8) is 0 Å². The van der Waals surface area contributed by atoms with Gasteiger partial charge in [-0.15, -0.1) is 0 Å². The minimum absolute atomic E-state index is 0.223. The van der Waals surface area contributed by atoms with Gasteiger partial charge in [0.25, 0.3) is 0 Å². The molecule has 1 atom stereocenters. The van der Waals surface area contributed by atoms with E-state index in [1.54, 1.807) is 25.7 Å². The van der Waals surface area contributed by atoms with Crippen molar-refractivity contribution in [1.82, 2.24) is 9.62 Å². The Morgan fingerprint density at radius 3 is 2.22 bits per heavy atom. The van der Waals surface area contributed by atoms with Crippen molar-refractivity contribution in [2.75, 3.05) is 26.3 Å². The molecular weight excluding hydrogens is 316 g/mol. The fourth-order valence-corrected chi connectivity index (χ4v) is 4.64. The predicted molar refractivity (Wildman–Crippen MR) is 87.8 cm³/mol. The zero-order chi connectivity index (χ0) is 17.2. The first-order chi connectivity index (χ1) is 10.7. The zero-order valence-corrected chi connectivity index (χ0v) is 14.9. The van der Waals surface area contributed by atoms with Crippen LogP contribution in [0.4, 0.5) is 0 Å². The van der Waals surface area contributed by atoms with Gasteiger partial charge in [-0.05, 0) is 38.8 Å². The van der Waals surface area contributed by atoms with E-state index in [1.165, 1.54) is 0 Å². The van der Waals surface area contributed by atoms with Gasteiger partial charge in [0.05, 0.1) is 24.2 Å². The Balaban J connectivity index is 2.19. The zero-order valence-electron chi connectivity index (χ0n) is 14.0. The van der Waals surface area contributed by atoms with Crippen molar-refractivity contribution in [2.24, 2.45) is 0 Å². The Kier molecular flexibility index (Phi) is 5.44. The van der Waals surface area contributed by atoms with E-state index in [9.17, 15) is 13.2 Å². The number of morpholine rings is 1. The van der Waals surface area contributed by atoms with Gasteiger partial charge in [-0.1, -0.05) is 17.7 Å². The number of nitrogens with one attached hydrogen (secondary N) is 1. The van der Waals surface area contributed by atoms with E-state index in [4.69, 9.17) is 4.74 Å². The summed E-state index contributed by atoms with van der Waals surface area (Å²) in [5, 5.41) is 0. The van der Waals surface area contributed by atoms with Gasteiger partial charge in [0.2, 0.25) is 15.9 Å². The molecule has 1 aromatic rings. The number of amides is 1. The van der Waals surface area contributed by atoms with Crippen molar-refractivity contribution >= 4 is 15.9 Å². The average Bonchev–Trinajstić information content (AvgIpc) is 2.45. The summed E-state index contributed by atoms with van der Waals surface area (Å²) in [6.45, 7) is 9.00. The molecule has 1 amide bonds. The van der Waals surface area contributed by atoms with Gasteiger partial charge in [0.15, 0.2) is 0 Å². The summed E-state index contributed by atoms with van der Waals surface area (Å²) < 4.78 is 33.1. The minimum atomic E-state index is -3.75. The van der Waals surface area contributed by atoms with Crippen LogP contribution < -0.4 is 4.72 Å². The molecule has 23 heavy (non-hydrogen) atoms. The number of sulfonamides is 1. The molecule has 1 saturated heterocycles. The third kappa shape index (κ3) is 4.10. The first-order valence-corrected chi connectivity index (χ1v) is 9.17. The van der Waals surface area contributed by atoms with Crippen LogP contribution in [0.25, 0.3) is 0 Å². The van der Waals surface area contributed by atoms with Gasteiger partial charge in [0.1, 0.15) is 0 Å². The summed E-state index contributed by atoms with van der Waals surface area (Å²) in [5.41, 5.74) is 2.37. The van der Waals surface area contributed by atoms with Crippen molar-refractivity contribution in [3.8, 4) is 0 Å². The molecule has 128 valence electrons. The lowest BCUT2D eigenvalue weighted by molar-refractivity contribution is -0.136. The van der Waals surface area contributed by atoms with E-state index in [0.29, 0.717) is 37.4 Å². The van der Waals surface area contributed by atoms with Crippen molar-refractivity contribution < 1.29 is 17.9 Å². The maximum absolute atomic E-state index is 12.7. The van der Waals surface area contributed by atoms with Crippen molar-refractivity contribution in [1.29, 1.82) is 0 Å². The number of hydrogen-bond donors (Lipinski definition) is 1. The summed E-state index contributed by atoms with van der Waals surface area (Å²) in [7, 11) is -3.75. The maximum Gasteiger partial charge on any atom is 0.241 e. The van der Waals surface area contributed by atoms with Gasteiger partial charge >= 0.3 is 0 Å². The summed E-state index contributed by atoms with van der Waals surface area (Å²) in [4.78, 5) is 14.3. The van der Waals surface area contributed by atoms with Crippen LogP contribution in [0.5, 0.6) is 0 Å². The summed E-state index contributed by atoms with van der Waals surface area (Å²) >= 11 is 0. The Morgan fingerprint density at radius 1 is 1.17 bits per heavy atom. The molecule has 6 nitrogen and oxygen atoms in total. The number of carbonyl (C=O) groups excluding carboxylic acids is 1. The molecule has 0 saturated carbocycles. The topological polar surface area (TPSA) is 75.7 Å². The van der Waals surface area contributed by atoms with Crippen molar-refractivity contribution in [3.05, 3.63) is 28.8 Å². The quantitative estimate of drug-likeness (QED) is 0.892. The average molecular weight is 340 g/mol. The summed E-state index contributed by atoms with van der Waals surface area (Å²) in [6.07, 6.45) is 0. The number of carbonyl (C=O) groups is 1. The molecule has 1 N–H and O–H groups in total. The lowest BCUT2D eigenvalue weighted by Crippen LogP contribution is -2.50. The molecule has 0 unspecified atom stereocenters. The smallest absolute Gasteiger partial charge is 0.241 e. The third-order valence-corrected chi connectivity index (χ3v) is 5.74. The predicted octanol–water partition coefficient (Wildman–Crippen LogP) is 1.14. The van der Waals surface area contributed by atoms with Gasteiger partial charge in [-0.25, -0.2) is 8.42 Å². The number of nitrogens with zero attached hydrogens (tertiary/aromatic N) is 1. The molecule has 1 heterocycles. The number of ether oxygens (including phenoxy) is 1. The van der Waals surface area contributed by atoms with Crippen molar-refractivity contribution in [2.45, 2.75) is 38.6 Å². The Hall–Kier alpha value is -1.44. The van der Waals surface area contributed by atoms with Gasteiger partial charge in [-0.3, -0.25) is 4.79 Å². The van der Waals surface area contributed by atoms with Crippen LogP contribution in [-0.2, 0) is 19.6 Å². The normalized spacial score (nSPS) is 17.1. The highest BCUT2D eigenvalue weighted by molar-refractivity contribution is 7.89. The van der Waals surface area contributed by atoms with E-state index in [-0.39, 0.29) is 10.8 Å². The van der Waals surface area contributed by atoms with Gasteiger partial charge < -0.3 is 9.64 Å². The standard InChI is InChI=1S/C16H24N2O4S/c1-11-9-12(2)15(13(3)10-11)23(20,21)17-14(4)16(19)18-5-7-22-8-6-18/h9-10,14,17H,5-8H2,1-4H3/t14-/m0/s1.